The molecular formula is C19H21ClN2O2. The van der Waals surface area contributed by atoms with Crippen LogP contribution >= 0.6 is 11.6 Å². The molecular weight excluding hydrogens is 324 g/mol. The van der Waals surface area contributed by atoms with Gasteiger partial charge in [-0.15, -0.1) is 0 Å². The number of amides is 2. The first-order valence-corrected chi connectivity index (χ1v) is 8.19. The third-order valence-corrected chi connectivity index (χ3v) is 4.01. The molecule has 4 nitrogen and oxygen atoms in total. The van der Waals surface area contributed by atoms with Crippen molar-refractivity contribution >= 4 is 34.8 Å². The van der Waals surface area contributed by atoms with Crippen molar-refractivity contribution in [3.63, 3.8) is 0 Å². The topological polar surface area (TPSA) is 49.4 Å². The van der Waals surface area contributed by atoms with E-state index in [-0.39, 0.29) is 24.3 Å². The molecule has 0 spiro atoms. The van der Waals surface area contributed by atoms with Gasteiger partial charge in [-0.2, -0.15) is 0 Å². The highest BCUT2D eigenvalue weighted by Gasteiger charge is 2.20. The fourth-order valence-corrected chi connectivity index (χ4v) is 2.67. The predicted octanol–water partition coefficient (Wildman–Crippen LogP) is 4.46. The maximum Gasteiger partial charge on any atom is 0.244 e. The van der Waals surface area contributed by atoms with Crippen LogP contribution in [0, 0.1) is 0 Å². The Balaban J connectivity index is 2.22. The second kappa shape index (κ2) is 7.97. The summed E-state index contributed by atoms with van der Waals surface area (Å²) in [5.41, 5.74) is 2.32. The SMILES string of the molecule is CC(=O)N(CC(=O)Nc1ccccc1Cl)c1ccccc1C(C)C. The second-order valence-corrected chi connectivity index (χ2v) is 6.25. The first kappa shape index (κ1) is 18.0. The number of hydrogen-bond acceptors (Lipinski definition) is 2. The third-order valence-electron chi connectivity index (χ3n) is 3.68. The van der Waals surface area contributed by atoms with Gasteiger partial charge in [0.25, 0.3) is 0 Å². The fraction of sp³-hybridized carbons (Fsp3) is 0.263. The van der Waals surface area contributed by atoms with Crippen molar-refractivity contribution in [3.8, 4) is 0 Å². The molecule has 0 aliphatic heterocycles. The minimum atomic E-state index is -0.295. The van der Waals surface area contributed by atoms with Gasteiger partial charge >= 0.3 is 0 Å². The van der Waals surface area contributed by atoms with E-state index in [2.05, 4.69) is 19.2 Å². The lowest BCUT2D eigenvalue weighted by Crippen LogP contribution is -2.37. The smallest absolute Gasteiger partial charge is 0.244 e. The molecule has 5 heteroatoms. The van der Waals surface area contributed by atoms with E-state index in [1.165, 1.54) is 11.8 Å². The standard InChI is InChI=1S/C19H21ClN2O2/c1-13(2)15-8-4-7-11-18(15)22(14(3)23)12-19(24)21-17-10-6-5-9-16(17)20/h4-11,13H,12H2,1-3H3,(H,21,24). The quantitative estimate of drug-likeness (QED) is 0.870. The molecule has 2 aromatic carbocycles. The molecule has 2 amide bonds. The van der Waals surface area contributed by atoms with Gasteiger partial charge in [-0.1, -0.05) is 55.8 Å². The second-order valence-electron chi connectivity index (χ2n) is 5.85. The van der Waals surface area contributed by atoms with Crippen LogP contribution in [-0.2, 0) is 9.59 Å². The molecule has 0 saturated heterocycles. The summed E-state index contributed by atoms with van der Waals surface area (Å²) in [6.45, 7) is 5.51. The van der Waals surface area contributed by atoms with Gasteiger partial charge in [0.05, 0.1) is 10.7 Å². The molecule has 126 valence electrons. The van der Waals surface area contributed by atoms with E-state index in [0.717, 1.165) is 11.3 Å². The number of nitrogens with one attached hydrogen (secondary N) is 1. The third kappa shape index (κ3) is 4.36. The highest BCUT2D eigenvalue weighted by Crippen LogP contribution is 2.27. The zero-order valence-electron chi connectivity index (χ0n) is 14.0. The summed E-state index contributed by atoms with van der Waals surface area (Å²) in [5, 5.41) is 3.21. The number of carbonyl (C=O) groups excluding carboxylic acids is 2. The minimum absolute atomic E-state index is 0.0652. The summed E-state index contributed by atoms with van der Waals surface area (Å²) >= 11 is 6.06. The number of benzene rings is 2. The summed E-state index contributed by atoms with van der Waals surface area (Å²) < 4.78 is 0. The van der Waals surface area contributed by atoms with Gasteiger partial charge in [0, 0.05) is 12.6 Å². The molecule has 0 aliphatic rings. The Morgan fingerprint density at radius 3 is 2.33 bits per heavy atom. The van der Waals surface area contributed by atoms with E-state index in [0.29, 0.717) is 10.7 Å². The van der Waals surface area contributed by atoms with Gasteiger partial charge in [0.2, 0.25) is 11.8 Å². The number of rotatable bonds is 5. The largest absolute Gasteiger partial charge is 0.323 e. The summed E-state index contributed by atoms with van der Waals surface area (Å²) in [7, 11) is 0. The van der Waals surface area contributed by atoms with Crippen LogP contribution in [0.4, 0.5) is 11.4 Å². The van der Waals surface area contributed by atoms with E-state index in [4.69, 9.17) is 11.6 Å². The van der Waals surface area contributed by atoms with Crippen molar-refractivity contribution < 1.29 is 9.59 Å². The molecule has 2 aromatic rings. The van der Waals surface area contributed by atoms with Gasteiger partial charge in [-0.25, -0.2) is 0 Å². The lowest BCUT2D eigenvalue weighted by molar-refractivity contribution is -0.120. The Bertz CT molecular complexity index is 744. The lowest BCUT2D eigenvalue weighted by atomic mass is 10.0. The Kier molecular flexibility index (Phi) is 5.99. The van der Waals surface area contributed by atoms with Crippen LogP contribution in [0.25, 0.3) is 0 Å². The highest BCUT2D eigenvalue weighted by atomic mass is 35.5. The number of anilines is 2. The van der Waals surface area contributed by atoms with Crippen LogP contribution in [-0.4, -0.2) is 18.4 Å². The van der Waals surface area contributed by atoms with Crippen molar-refractivity contribution in [1.82, 2.24) is 0 Å². The molecule has 0 radical (unpaired) electrons. The van der Waals surface area contributed by atoms with Crippen molar-refractivity contribution in [3.05, 3.63) is 59.1 Å². The lowest BCUT2D eigenvalue weighted by Gasteiger charge is -2.25. The van der Waals surface area contributed by atoms with E-state index < -0.39 is 0 Å². The van der Waals surface area contributed by atoms with Gasteiger partial charge in [0.15, 0.2) is 0 Å². The maximum absolute atomic E-state index is 12.4. The van der Waals surface area contributed by atoms with Gasteiger partial charge in [-0.3, -0.25) is 9.59 Å². The number of halogens is 1. The summed E-state index contributed by atoms with van der Waals surface area (Å²) in [4.78, 5) is 26.0. The van der Waals surface area contributed by atoms with Crippen LogP contribution in [0.1, 0.15) is 32.3 Å². The average molecular weight is 345 g/mol. The Morgan fingerprint density at radius 1 is 1.08 bits per heavy atom. The predicted molar refractivity (Wildman–Crippen MR) is 98.6 cm³/mol. The number of nitrogens with zero attached hydrogens (tertiary/aromatic N) is 1. The van der Waals surface area contributed by atoms with Gasteiger partial charge in [0.1, 0.15) is 6.54 Å². The van der Waals surface area contributed by atoms with Crippen molar-refractivity contribution in [2.75, 3.05) is 16.8 Å². The number of hydrogen-bond donors (Lipinski definition) is 1. The first-order chi connectivity index (χ1) is 11.4. The molecule has 0 aliphatic carbocycles. The van der Waals surface area contributed by atoms with Crippen LogP contribution in [0.5, 0.6) is 0 Å². The number of carbonyl (C=O) groups is 2. The zero-order valence-corrected chi connectivity index (χ0v) is 14.8. The molecule has 0 atom stereocenters. The average Bonchev–Trinajstić information content (AvgIpc) is 2.54. The molecule has 0 aromatic heterocycles. The van der Waals surface area contributed by atoms with Crippen LogP contribution in [0.2, 0.25) is 5.02 Å². The van der Waals surface area contributed by atoms with Crippen LogP contribution in [0.15, 0.2) is 48.5 Å². The molecule has 0 fully saturated rings. The molecule has 0 saturated carbocycles. The molecule has 0 bridgehead atoms. The van der Waals surface area contributed by atoms with Crippen LogP contribution < -0.4 is 10.2 Å². The Hall–Kier alpha value is -2.33. The normalized spacial score (nSPS) is 10.5. The molecule has 1 N–H and O–H groups in total. The van der Waals surface area contributed by atoms with Crippen molar-refractivity contribution in [2.45, 2.75) is 26.7 Å². The fourth-order valence-electron chi connectivity index (χ4n) is 2.48. The molecule has 2 rings (SSSR count). The summed E-state index contributed by atoms with van der Waals surface area (Å²) in [6, 6.07) is 14.6. The minimum Gasteiger partial charge on any atom is -0.323 e. The van der Waals surface area contributed by atoms with E-state index >= 15 is 0 Å². The van der Waals surface area contributed by atoms with E-state index in [1.807, 2.05) is 24.3 Å². The van der Waals surface area contributed by atoms with Crippen LogP contribution in [0.3, 0.4) is 0 Å². The molecule has 0 heterocycles. The van der Waals surface area contributed by atoms with Crippen molar-refractivity contribution in [2.24, 2.45) is 0 Å². The summed E-state index contributed by atoms with van der Waals surface area (Å²) in [5.74, 6) is -0.232. The highest BCUT2D eigenvalue weighted by molar-refractivity contribution is 6.33. The van der Waals surface area contributed by atoms with E-state index in [1.54, 1.807) is 24.3 Å². The molecule has 0 unspecified atom stereocenters. The van der Waals surface area contributed by atoms with Gasteiger partial charge in [-0.05, 0) is 29.7 Å². The zero-order chi connectivity index (χ0) is 17.7. The maximum atomic E-state index is 12.4. The summed E-state index contributed by atoms with van der Waals surface area (Å²) in [6.07, 6.45) is 0. The number of para-hydroxylation sites is 2. The van der Waals surface area contributed by atoms with Gasteiger partial charge < -0.3 is 10.2 Å². The Morgan fingerprint density at radius 2 is 1.71 bits per heavy atom. The molecule has 24 heavy (non-hydrogen) atoms. The first-order valence-electron chi connectivity index (χ1n) is 7.81. The Labute approximate surface area is 147 Å². The van der Waals surface area contributed by atoms with Crippen molar-refractivity contribution in [1.29, 1.82) is 0 Å². The monoisotopic (exact) mass is 344 g/mol. The van der Waals surface area contributed by atoms with E-state index in [9.17, 15) is 9.59 Å².